The maximum Gasteiger partial charge on any atom is 0.255 e. The van der Waals surface area contributed by atoms with Crippen molar-refractivity contribution in [2.45, 2.75) is 6.92 Å². The van der Waals surface area contributed by atoms with Crippen molar-refractivity contribution < 1.29 is 4.39 Å². The molecule has 0 unspecified atom stereocenters. The smallest absolute Gasteiger partial charge is 0.255 e. The minimum atomic E-state index is -0.373. The van der Waals surface area contributed by atoms with E-state index in [4.69, 9.17) is 0 Å². The second kappa shape index (κ2) is 2.69. The summed E-state index contributed by atoms with van der Waals surface area (Å²) in [5.74, 6) is -0.373. The van der Waals surface area contributed by atoms with Crippen LogP contribution in [0.2, 0.25) is 0 Å². The average Bonchev–Trinajstić information content (AvgIpc) is 2.07. The van der Waals surface area contributed by atoms with E-state index >= 15 is 0 Å². The fourth-order valence-electron chi connectivity index (χ4n) is 1.44. The molecular formula is C10H8FNO. The lowest BCUT2D eigenvalue weighted by Gasteiger charge is -2.00. The van der Waals surface area contributed by atoms with Crippen LogP contribution in [0.3, 0.4) is 0 Å². The Balaban J connectivity index is 3.03. The average molecular weight is 177 g/mol. The predicted octanol–water partition coefficient (Wildman–Crippen LogP) is 1.98. The molecule has 0 bridgehead atoms. The Morgan fingerprint density at radius 3 is 2.85 bits per heavy atom. The van der Waals surface area contributed by atoms with Crippen molar-refractivity contribution in [2.24, 2.45) is 0 Å². The van der Waals surface area contributed by atoms with Gasteiger partial charge in [-0.05, 0) is 36.1 Å². The normalized spacial score (nSPS) is 10.6. The topological polar surface area (TPSA) is 32.9 Å². The number of nitrogens with one attached hydrogen (secondary N) is 1. The number of rotatable bonds is 0. The van der Waals surface area contributed by atoms with Gasteiger partial charge >= 0.3 is 0 Å². The number of halogens is 1. The number of H-pyrrole nitrogens is 1. The van der Waals surface area contributed by atoms with Crippen LogP contribution >= 0.6 is 0 Å². The molecule has 0 radical (unpaired) electrons. The Morgan fingerprint density at radius 2 is 2.08 bits per heavy atom. The lowest BCUT2D eigenvalue weighted by Crippen LogP contribution is -2.05. The number of hydrogen-bond donors (Lipinski definition) is 1. The fraction of sp³-hybridized carbons (Fsp3) is 0.100. The fourth-order valence-corrected chi connectivity index (χ4v) is 1.44. The Bertz CT molecular complexity index is 516. The molecular weight excluding hydrogens is 169 g/mol. The molecule has 1 N–H and O–H groups in total. The number of aromatic amines is 1. The molecule has 0 amide bonds. The van der Waals surface area contributed by atoms with Gasteiger partial charge in [-0.15, -0.1) is 0 Å². The number of aryl methyl sites for hydroxylation is 1. The minimum Gasteiger partial charge on any atom is -0.329 e. The van der Waals surface area contributed by atoms with E-state index in [1.807, 2.05) is 0 Å². The third kappa shape index (κ3) is 1.22. The molecule has 2 nitrogen and oxygen atoms in total. The SMILES string of the molecule is Cc1cc(F)cc2c(=O)[nH]ccc12. The van der Waals surface area contributed by atoms with E-state index in [1.54, 1.807) is 19.2 Å². The Morgan fingerprint density at radius 1 is 1.31 bits per heavy atom. The summed E-state index contributed by atoms with van der Waals surface area (Å²) in [5, 5.41) is 1.20. The lowest BCUT2D eigenvalue weighted by molar-refractivity contribution is 0.628. The van der Waals surface area contributed by atoms with E-state index in [1.165, 1.54) is 12.1 Å². The lowest BCUT2D eigenvalue weighted by atomic mass is 10.1. The van der Waals surface area contributed by atoms with Crippen LogP contribution in [0, 0.1) is 12.7 Å². The van der Waals surface area contributed by atoms with Gasteiger partial charge in [0.2, 0.25) is 0 Å². The van der Waals surface area contributed by atoms with Gasteiger partial charge in [-0.2, -0.15) is 0 Å². The van der Waals surface area contributed by atoms with E-state index < -0.39 is 0 Å². The first kappa shape index (κ1) is 7.98. The van der Waals surface area contributed by atoms with Crippen molar-refractivity contribution in [2.75, 3.05) is 0 Å². The number of benzene rings is 1. The van der Waals surface area contributed by atoms with Gasteiger partial charge in [-0.1, -0.05) is 0 Å². The highest BCUT2D eigenvalue weighted by atomic mass is 19.1. The van der Waals surface area contributed by atoms with Crippen LogP contribution in [-0.4, -0.2) is 4.98 Å². The molecule has 2 aromatic rings. The first-order chi connectivity index (χ1) is 6.18. The van der Waals surface area contributed by atoms with Crippen molar-refractivity contribution in [1.82, 2.24) is 4.98 Å². The summed E-state index contributed by atoms with van der Waals surface area (Å²) in [6, 6.07) is 4.44. The molecule has 0 saturated carbocycles. The molecule has 0 aliphatic heterocycles. The molecule has 0 atom stereocenters. The van der Waals surface area contributed by atoms with Gasteiger partial charge in [-0.3, -0.25) is 4.79 Å². The van der Waals surface area contributed by atoms with Gasteiger partial charge in [0.1, 0.15) is 5.82 Å². The van der Waals surface area contributed by atoms with Crippen LogP contribution in [0.15, 0.2) is 29.2 Å². The number of pyridine rings is 1. The summed E-state index contributed by atoms with van der Waals surface area (Å²) in [4.78, 5) is 13.8. The van der Waals surface area contributed by atoms with Gasteiger partial charge < -0.3 is 4.98 Å². The third-order valence-corrected chi connectivity index (χ3v) is 2.06. The highest BCUT2D eigenvalue weighted by Crippen LogP contribution is 2.15. The summed E-state index contributed by atoms with van der Waals surface area (Å²) >= 11 is 0. The monoisotopic (exact) mass is 177 g/mol. The predicted molar refractivity (Wildman–Crippen MR) is 49.3 cm³/mol. The summed E-state index contributed by atoms with van der Waals surface area (Å²) in [6.45, 7) is 1.78. The van der Waals surface area contributed by atoms with Crippen LogP contribution in [0.1, 0.15) is 5.56 Å². The van der Waals surface area contributed by atoms with Gasteiger partial charge in [-0.25, -0.2) is 4.39 Å². The second-order valence-electron chi connectivity index (χ2n) is 2.99. The molecule has 1 heterocycles. The third-order valence-electron chi connectivity index (χ3n) is 2.06. The molecule has 0 fully saturated rings. The molecule has 66 valence electrons. The molecule has 1 aromatic heterocycles. The molecule has 2 rings (SSSR count). The van der Waals surface area contributed by atoms with E-state index in [-0.39, 0.29) is 11.4 Å². The van der Waals surface area contributed by atoms with Crippen LogP contribution in [0.4, 0.5) is 4.39 Å². The number of fused-ring (bicyclic) bond motifs is 1. The minimum absolute atomic E-state index is 0.250. The summed E-state index contributed by atoms with van der Waals surface area (Å²) in [5.41, 5.74) is 0.529. The Hall–Kier alpha value is -1.64. The maximum atomic E-state index is 12.9. The van der Waals surface area contributed by atoms with Crippen LogP contribution in [-0.2, 0) is 0 Å². The van der Waals surface area contributed by atoms with Crippen molar-refractivity contribution in [3.8, 4) is 0 Å². The first-order valence-corrected chi connectivity index (χ1v) is 3.96. The largest absolute Gasteiger partial charge is 0.329 e. The highest BCUT2D eigenvalue weighted by Gasteiger charge is 2.02. The van der Waals surface area contributed by atoms with E-state index in [9.17, 15) is 9.18 Å². The maximum absolute atomic E-state index is 12.9. The van der Waals surface area contributed by atoms with Crippen LogP contribution < -0.4 is 5.56 Å². The van der Waals surface area contributed by atoms with Crippen molar-refractivity contribution in [1.29, 1.82) is 0 Å². The first-order valence-electron chi connectivity index (χ1n) is 3.96. The van der Waals surface area contributed by atoms with E-state index in [2.05, 4.69) is 4.98 Å². The van der Waals surface area contributed by atoms with Gasteiger partial charge in [0.25, 0.3) is 5.56 Å². The van der Waals surface area contributed by atoms with E-state index in [0.29, 0.717) is 5.39 Å². The zero-order valence-corrected chi connectivity index (χ0v) is 7.10. The number of aromatic nitrogens is 1. The molecule has 0 aliphatic carbocycles. The Labute approximate surface area is 74.0 Å². The van der Waals surface area contributed by atoms with Gasteiger partial charge in [0, 0.05) is 6.20 Å². The summed E-state index contributed by atoms with van der Waals surface area (Å²) in [6.07, 6.45) is 1.57. The van der Waals surface area contributed by atoms with Crippen molar-refractivity contribution in [3.63, 3.8) is 0 Å². The number of hydrogen-bond acceptors (Lipinski definition) is 1. The molecule has 3 heteroatoms. The summed E-state index contributed by atoms with van der Waals surface area (Å²) < 4.78 is 12.9. The Kier molecular flexibility index (Phi) is 1.65. The summed E-state index contributed by atoms with van der Waals surface area (Å²) in [7, 11) is 0. The van der Waals surface area contributed by atoms with Crippen LogP contribution in [0.25, 0.3) is 10.8 Å². The van der Waals surface area contributed by atoms with E-state index in [0.717, 1.165) is 10.9 Å². The van der Waals surface area contributed by atoms with Crippen molar-refractivity contribution >= 4 is 10.8 Å². The van der Waals surface area contributed by atoms with Crippen molar-refractivity contribution in [3.05, 3.63) is 46.1 Å². The zero-order valence-electron chi connectivity index (χ0n) is 7.10. The molecule has 13 heavy (non-hydrogen) atoms. The zero-order chi connectivity index (χ0) is 9.42. The van der Waals surface area contributed by atoms with Gasteiger partial charge in [0.15, 0.2) is 0 Å². The standard InChI is InChI=1S/C10H8FNO/c1-6-4-7(11)5-9-8(6)2-3-12-10(9)13/h2-5H,1H3,(H,12,13). The molecule has 1 aromatic carbocycles. The van der Waals surface area contributed by atoms with Crippen LogP contribution in [0.5, 0.6) is 0 Å². The second-order valence-corrected chi connectivity index (χ2v) is 2.99. The quantitative estimate of drug-likeness (QED) is 0.655. The highest BCUT2D eigenvalue weighted by molar-refractivity contribution is 5.84. The van der Waals surface area contributed by atoms with Gasteiger partial charge in [0.05, 0.1) is 5.39 Å². The molecule has 0 saturated heterocycles. The molecule has 0 spiro atoms. The molecule has 0 aliphatic rings.